The first-order chi connectivity index (χ1) is 12.7. The Labute approximate surface area is 152 Å². The van der Waals surface area contributed by atoms with Crippen molar-refractivity contribution in [3.05, 3.63) is 42.6 Å². The Morgan fingerprint density at radius 3 is 2.81 bits per heavy atom. The number of anilines is 1. The summed E-state index contributed by atoms with van der Waals surface area (Å²) in [6, 6.07) is 12.0. The van der Waals surface area contributed by atoms with E-state index in [0.29, 0.717) is 5.82 Å². The first-order valence-electron chi connectivity index (χ1n) is 9.27. The molecular weight excluding hydrogens is 326 g/mol. The number of fused-ring (bicyclic) bond motifs is 1. The number of unbranched alkanes of at least 4 members (excludes halogenated alkanes) is 1. The lowest BCUT2D eigenvalue weighted by Crippen LogP contribution is -2.14. The predicted molar refractivity (Wildman–Crippen MR) is 103 cm³/mol. The van der Waals surface area contributed by atoms with Crippen LogP contribution in [0.4, 0.5) is 5.82 Å². The maximum Gasteiger partial charge on any atom is 0.228 e. The van der Waals surface area contributed by atoms with Crippen LogP contribution in [0.25, 0.3) is 22.2 Å². The zero-order valence-corrected chi connectivity index (χ0v) is 14.9. The molecule has 1 aromatic carbocycles. The van der Waals surface area contributed by atoms with Gasteiger partial charge >= 0.3 is 0 Å². The molecule has 134 valence electrons. The molecule has 1 amide bonds. The molecule has 0 aliphatic heterocycles. The molecule has 26 heavy (non-hydrogen) atoms. The van der Waals surface area contributed by atoms with E-state index in [-0.39, 0.29) is 11.8 Å². The molecule has 0 spiro atoms. The monoisotopic (exact) mass is 349 g/mol. The minimum atomic E-state index is 0.0639. The summed E-state index contributed by atoms with van der Waals surface area (Å²) < 4.78 is 5.74. The van der Waals surface area contributed by atoms with Crippen molar-refractivity contribution < 1.29 is 9.53 Å². The number of hydrogen-bond donors (Lipinski definition) is 2. The van der Waals surface area contributed by atoms with Gasteiger partial charge in [-0.1, -0.05) is 25.5 Å². The van der Waals surface area contributed by atoms with Crippen LogP contribution < -0.4 is 10.1 Å². The summed E-state index contributed by atoms with van der Waals surface area (Å²) in [7, 11) is 0. The molecule has 4 rings (SSSR count). The van der Waals surface area contributed by atoms with Crippen molar-refractivity contribution >= 4 is 22.8 Å². The maximum atomic E-state index is 12.1. The van der Waals surface area contributed by atoms with Gasteiger partial charge in [-0.3, -0.25) is 4.79 Å². The fourth-order valence-corrected chi connectivity index (χ4v) is 2.98. The summed E-state index contributed by atoms with van der Waals surface area (Å²) in [5, 5.41) is 3.98. The molecule has 2 aromatic heterocycles. The lowest BCUT2D eigenvalue weighted by atomic mass is 10.0. The van der Waals surface area contributed by atoms with E-state index in [1.165, 1.54) is 0 Å². The Hall–Kier alpha value is -2.82. The molecule has 0 radical (unpaired) electrons. The van der Waals surface area contributed by atoms with Gasteiger partial charge in [0.05, 0.1) is 6.61 Å². The number of carbonyl (C=O) groups is 1. The minimum Gasteiger partial charge on any atom is -0.494 e. The normalized spacial score (nSPS) is 13.7. The van der Waals surface area contributed by atoms with E-state index in [2.05, 4.69) is 34.3 Å². The lowest BCUT2D eigenvalue weighted by Gasteiger charge is -2.10. The summed E-state index contributed by atoms with van der Waals surface area (Å²) in [4.78, 5) is 19.8. The van der Waals surface area contributed by atoms with Gasteiger partial charge in [0.1, 0.15) is 17.2 Å². The fourth-order valence-electron chi connectivity index (χ4n) is 2.98. The van der Waals surface area contributed by atoms with Crippen LogP contribution in [0.2, 0.25) is 0 Å². The third-order valence-corrected chi connectivity index (χ3v) is 4.66. The van der Waals surface area contributed by atoms with Gasteiger partial charge in [-0.15, -0.1) is 0 Å². The second kappa shape index (κ2) is 7.20. The van der Waals surface area contributed by atoms with Crippen molar-refractivity contribution in [3.8, 4) is 16.9 Å². The van der Waals surface area contributed by atoms with Crippen molar-refractivity contribution in [1.29, 1.82) is 0 Å². The van der Waals surface area contributed by atoms with Crippen LogP contribution in [-0.4, -0.2) is 22.5 Å². The molecule has 1 aliphatic carbocycles. The number of nitrogens with one attached hydrogen (secondary N) is 2. The van der Waals surface area contributed by atoms with E-state index < -0.39 is 0 Å². The lowest BCUT2D eigenvalue weighted by molar-refractivity contribution is -0.117. The van der Waals surface area contributed by atoms with E-state index in [9.17, 15) is 4.79 Å². The maximum absolute atomic E-state index is 12.1. The van der Waals surface area contributed by atoms with Crippen molar-refractivity contribution in [1.82, 2.24) is 9.97 Å². The van der Waals surface area contributed by atoms with Crippen LogP contribution in [-0.2, 0) is 4.79 Å². The Kier molecular flexibility index (Phi) is 4.61. The van der Waals surface area contributed by atoms with E-state index >= 15 is 0 Å². The van der Waals surface area contributed by atoms with Gasteiger partial charge in [0, 0.05) is 17.5 Å². The summed E-state index contributed by atoms with van der Waals surface area (Å²) in [5.41, 5.74) is 2.89. The van der Waals surface area contributed by atoms with Crippen LogP contribution >= 0.6 is 0 Å². The van der Waals surface area contributed by atoms with Gasteiger partial charge in [-0.25, -0.2) is 4.98 Å². The first-order valence-corrected chi connectivity index (χ1v) is 9.27. The van der Waals surface area contributed by atoms with Gasteiger partial charge in [0.25, 0.3) is 0 Å². The second-order valence-electron chi connectivity index (χ2n) is 6.78. The molecule has 1 aliphatic rings. The van der Waals surface area contributed by atoms with Gasteiger partial charge in [0.15, 0.2) is 0 Å². The number of rotatable bonds is 7. The van der Waals surface area contributed by atoms with Crippen molar-refractivity contribution in [2.24, 2.45) is 5.92 Å². The molecular formula is C21H23N3O2. The number of H-pyrrole nitrogens is 1. The van der Waals surface area contributed by atoms with Crippen LogP contribution in [0.15, 0.2) is 42.6 Å². The average Bonchev–Trinajstić information content (AvgIpc) is 3.40. The van der Waals surface area contributed by atoms with Crippen LogP contribution in [0, 0.1) is 5.92 Å². The Bertz CT molecular complexity index is 911. The molecule has 0 bridgehead atoms. The zero-order valence-electron chi connectivity index (χ0n) is 14.9. The first kappa shape index (κ1) is 16.6. The summed E-state index contributed by atoms with van der Waals surface area (Å²) in [5.74, 6) is 1.69. The second-order valence-corrected chi connectivity index (χ2v) is 6.78. The van der Waals surface area contributed by atoms with Gasteiger partial charge in [-0.05, 0) is 54.7 Å². The highest BCUT2D eigenvalue weighted by Gasteiger charge is 2.30. The van der Waals surface area contributed by atoms with E-state index in [1.807, 2.05) is 30.5 Å². The minimum absolute atomic E-state index is 0.0639. The molecule has 2 N–H and O–H groups in total. The van der Waals surface area contributed by atoms with Gasteiger partial charge in [0.2, 0.25) is 5.91 Å². The number of aromatic amines is 1. The molecule has 1 fully saturated rings. The summed E-state index contributed by atoms with van der Waals surface area (Å²) in [6.07, 6.45) is 6.00. The van der Waals surface area contributed by atoms with Crippen molar-refractivity contribution in [2.45, 2.75) is 32.6 Å². The number of amides is 1. The molecule has 0 saturated heterocycles. The third kappa shape index (κ3) is 3.57. The Balaban J connectivity index is 1.61. The Morgan fingerprint density at radius 1 is 1.27 bits per heavy atom. The molecule has 2 heterocycles. The summed E-state index contributed by atoms with van der Waals surface area (Å²) >= 11 is 0. The number of aromatic nitrogens is 2. The van der Waals surface area contributed by atoms with Gasteiger partial charge < -0.3 is 15.0 Å². The van der Waals surface area contributed by atoms with E-state index in [4.69, 9.17) is 4.74 Å². The highest BCUT2D eigenvalue weighted by molar-refractivity contribution is 5.98. The van der Waals surface area contributed by atoms with E-state index in [1.54, 1.807) is 0 Å². The van der Waals surface area contributed by atoms with Crippen molar-refractivity contribution in [3.63, 3.8) is 0 Å². The average molecular weight is 349 g/mol. The number of benzene rings is 1. The van der Waals surface area contributed by atoms with Crippen molar-refractivity contribution in [2.75, 3.05) is 11.9 Å². The number of carbonyl (C=O) groups excluding carboxylic acids is 1. The van der Waals surface area contributed by atoms with Crippen LogP contribution in [0.1, 0.15) is 32.6 Å². The Morgan fingerprint density at radius 2 is 2.08 bits per heavy atom. The zero-order chi connectivity index (χ0) is 17.9. The quantitative estimate of drug-likeness (QED) is 0.605. The standard InChI is InChI=1S/C21H23N3O2/c1-2-3-12-26-16-8-6-14(7-9-16)18-13-19(24-21(25)15-4-5-15)23-20-17(18)10-11-22-20/h6-11,13,15H,2-5,12H2,1H3,(H2,22,23,24,25). The largest absolute Gasteiger partial charge is 0.494 e. The van der Waals surface area contributed by atoms with Crippen LogP contribution in [0.3, 0.4) is 0 Å². The molecule has 5 nitrogen and oxygen atoms in total. The van der Waals surface area contributed by atoms with Crippen LogP contribution in [0.5, 0.6) is 5.75 Å². The topological polar surface area (TPSA) is 67.0 Å². The molecule has 5 heteroatoms. The smallest absolute Gasteiger partial charge is 0.228 e. The highest BCUT2D eigenvalue weighted by atomic mass is 16.5. The summed E-state index contributed by atoms with van der Waals surface area (Å²) in [6.45, 7) is 2.89. The number of hydrogen-bond acceptors (Lipinski definition) is 3. The molecule has 0 atom stereocenters. The number of pyridine rings is 1. The molecule has 1 saturated carbocycles. The molecule has 3 aromatic rings. The third-order valence-electron chi connectivity index (χ3n) is 4.66. The fraction of sp³-hybridized carbons (Fsp3) is 0.333. The SMILES string of the molecule is CCCCOc1ccc(-c2cc(NC(=O)C3CC3)nc3[nH]ccc23)cc1. The number of nitrogens with zero attached hydrogens (tertiary/aromatic N) is 1. The van der Waals surface area contributed by atoms with E-state index in [0.717, 1.165) is 60.2 Å². The van der Waals surface area contributed by atoms with Gasteiger partial charge in [-0.2, -0.15) is 0 Å². The number of ether oxygens (including phenoxy) is 1. The highest BCUT2D eigenvalue weighted by Crippen LogP contribution is 2.33. The molecule has 0 unspecified atom stereocenters. The predicted octanol–water partition coefficient (Wildman–Crippen LogP) is 4.76.